The molecule has 0 spiro atoms. The summed E-state index contributed by atoms with van der Waals surface area (Å²) in [7, 11) is -0.451. The Labute approximate surface area is 162 Å². The highest BCUT2D eigenvalue weighted by Crippen LogP contribution is 2.16. The zero-order valence-corrected chi connectivity index (χ0v) is 20.0. The third kappa shape index (κ3) is 8.87. The summed E-state index contributed by atoms with van der Waals surface area (Å²) in [5, 5.41) is 0. The molecule has 0 bridgehead atoms. The van der Waals surface area contributed by atoms with Gasteiger partial charge in [0.05, 0.1) is 11.3 Å². The highest BCUT2D eigenvalue weighted by atomic mass is 28.4. The summed E-state index contributed by atoms with van der Waals surface area (Å²) in [6, 6.07) is 0. The fourth-order valence-electron chi connectivity index (χ4n) is 2.49. The van der Waals surface area contributed by atoms with E-state index in [0.717, 1.165) is 19.3 Å². The van der Waals surface area contributed by atoms with Gasteiger partial charge in [0.15, 0.2) is 0 Å². The van der Waals surface area contributed by atoms with Gasteiger partial charge in [-0.15, -0.1) is 0 Å². The Morgan fingerprint density at radius 3 is 1.27 bits per heavy atom. The van der Waals surface area contributed by atoms with Crippen molar-refractivity contribution in [1.82, 2.24) is 0 Å². The lowest BCUT2D eigenvalue weighted by Gasteiger charge is -2.32. The molecule has 0 rings (SSSR count). The molecule has 0 saturated carbocycles. The molecule has 0 aromatic heterocycles. The molecule has 26 heavy (non-hydrogen) atoms. The predicted molar refractivity (Wildman–Crippen MR) is 109 cm³/mol. The lowest BCUT2D eigenvalue weighted by molar-refractivity contribution is 0.0618. The van der Waals surface area contributed by atoms with E-state index in [1.807, 2.05) is 27.7 Å². The van der Waals surface area contributed by atoms with Crippen LogP contribution in [-0.4, -0.2) is 70.1 Å². The van der Waals surface area contributed by atoms with Crippen LogP contribution in [0.4, 0.5) is 0 Å². The minimum absolute atomic E-state index is 0.123. The SMILES string of the molecule is CCCC(N)[Si](OC)(OC)OC.CCO[Si](OCC)(OCC)C(N)CC. The van der Waals surface area contributed by atoms with Crippen LogP contribution in [0, 0.1) is 0 Å². The van der Waals surface area contributed by atoms with Crippen molar-refractivity contribution >= 4 is 17.6 Å². The molecule has 4 N–H and O–H groups in total. The molecule has 0 saturated heterocycles. The van der Waals surface area contributed by atoms with Gasteiger partial charge in [0.25, 0.3) is 0 Å². The molecule has 8 nitrogen and oxygen atoms in total. The van der Waals surface area contributed by atoms with Gasteiger partial charge in [-0.3, -0.25) is 0 Å². The van der Waals surface area contributed by atoms with Gasteiger partial charge in [-0.1, -0.05) is 20.3 Å². The van der Waals surface area contributed by atoms with Gasteiger partial charge >= 0.3 is 17.6 Å². The van der Waals surface area contributed by atoms with Crippen molar-refractivity contribution in [2.24, 2.45) is 11.5 Å². The second kappa shape index (κ2) is 16.1. The molecule has 0 aliphatic heterocycles. The third-order valence-electron chi connectivity index (χ3n) is 3.84. The second-order valence-corrected chi connectivity index (χ2v) is 11.5. The van der Waals surface area contributed by atoms with Crippen LogP contribution in [0.1, 0.15) is 53.9 Å². The van der Waals surface area contributed by atoms with E-state index in [9.17, 15) is 0 Å². The molecular formula is C16H42N2O6Si2. The summed E-state index contributed by atoms with van der Waals surface area (Å²) in [4.78, 5) is 0. The van der Waals surface area contributed by atoms with Crippen LogP contribution in [0.2, 0.25) is 0 Å². The molecule has 2 unspecified atom stereocenters. The lowest BCUT2D eigenvalue weighted by Crippen LogP contribution is -2.60. The van der Waals surface area contributed by atoms with Gasteiger partial charge in [-0.05, 0) is 33.6 Å². The van der Waals surface area contributed by atoms with E-state index < -0.39 is 17.6 Å². The fourth-order valence-corrected chi connectivity index (χ4v) is 7.14. The van der Waals surface area contributed by atoms with Crippen LogP contribution >= 0.6 is 0 Å². The van der Waals surface area contributed by atoms with Crippen molar-refractivity contribution in [1.29, 1.82) is 0 Å². The van der Waals surface area contributed by atoms with Crippen LogP contribution < -0.4 is 11.5 Å². The first kappa shape index (κ1) is 28.3. The zero-order chi connectivity index (χ0) is 20.6. The number of hydrogen-bond acceptors (Lipinski definition) is 8. The smallest absolute Gasteiger partial charge is 0.376 e. The minimum Gasteiger partial charge on any atom is -0.376 e. The van der Waals surface area contributed by atoms with E-state index >= 15 is 0 Å². The van der Waals surface area contributed by atoms with E-state index in [4.69, 9.17) is 38.0 Å². The van der Waals surface area contributed by atoms with Gasteiger partial charge < -0.3 is 38.0 Å². The van der Waals surface area contributed by atoms with Gasteiger partial charge in [0.2, 0.25) is 0 Å². The molecule has 0 fully saturated rings. The summed E-state index contributed by atoms with van der Waals surface area (Å²) in [5.41, 5.74) is 11.6. The maximum atomic E-state index is 6.00. The number of hydrogen-bond donors (Lipinski definition) is 2. The van der Waals surface area contributed by atoms with Gasteiger partial charge in [-0.2, -0.15) is 0 Å². The van der Waals surface area contributed by atoms with Gasteiger partial charge in [-0.25, -0.2) is 0 Å². The Hall–Kier alpha value is 0.114. The Morgan fingerprint density at radius 1 is 0.654 bits per heavy atom. The average molecular weight is 415 g/mol. The highest BCUT2D eigenvalue weighted by molar-refractivity contribution is 6.62. The molecule has 0 aromatic rings. The van der Waals surface area contributed by atoms with Crippen molar-refractivity contribution in [3.05, 3.63) is 0 Å². The second-order valence-electron chi connectivity index (χ2n) is 5.53. The summed E-state index contributed by atoms with van der Waals surface area (Å²) in [6.45, 7) is 11.6. The molecule has 160 valence electrons. The molecule has 0 aliphatic rings. The van der Waals surface area contributed by atoms with Crippen LogP contribution in [0.3, 0.4) is 0 Å². The van der Waals surface area contributed by atoms with Crippen molar-refractivity contribution in [3.63, 3.8) is 0 Å². The first-order valence-corrected chi connectivity index (χ1v) is 13.0. The molecule has 0 aliphatic carbocycles. The van der Waals surface area contributed by atoms with Crippen LogP contribution in [-0.2, 0) is 26.6 Å². The lowest BCUT2D eigenvalue weighted by atomic mass is 10.3. The van der Waals surface area contributed by atoms with Crippen molar-refractivity contribution < 1.29 is 26.6 Å². The predicted octanol–water partition coefficient (Wildman–Crippen LogP) is 1.84. The Bertz CT molecular complexity index is 300. The van der Waals surface area contributed by atoms with E-state index in [1.54, 1.807) is 21.3 Å². The van der Waals surface area contributed by atoms with Crippen LogP contribution in [0.5, 0.6) is 0 Å². The monoisotopic (exact) mass is 414 g/mol. The molecule has 0 amide bonds. The standard InChI is InChI=1S/C9H23NO3Si.C7H19NO3Si/c1-5-9(10)14(11-6-2,12-7-3)13-8-4;1-5-6-7(8)12(9-2,10-3)11-4/h9H,5-8,10H2,1-4H3;7H,5-6,8H2,1-4H3. The maximum Gasteiger partial charge on any atom is 0.518 e. The topological polar surface area (TPSA) is 107 Å². The summed E-state index contributed by atoms with van der Waals surface area (Å²) < 4.78 is 32.6. The summed E-state index contributed by atoms with van der Waals surface area (Å²) in [5.74, 6) is 0. The highest BCUT2D eigenvalue weighted by Gasteiger charge is 2.46. The quantitative estimate of drug-likeness (QED) is 0.415. The first-order valence-electron chi connectivity index (χ1n) is 9.41. The van der Waals surface area contributed by atoms with Crippen molar-refractivity contribution in [2.45, 2.75) is 65.2 Å². The Kier molecular flexibility index (Phi) is 17.5. The van der Waals surface area contributed by atoms with Gasteiger partial charge in [0, 0.05) is 41.2 Å². The molecular weight excluding hydrogens is 372 g/mol. The molecule has 0 heterocycles. The maximum absolute atomic E-state index is 6.00. The number of rotatable bonds is 14. The van der Waals surface area contributed by atoms with E-state index in [1.165, 1.54) is 0 Å². The molecule has 10 heteroatoms. The fraction of sp³-hybridized carbons (Fsp3) is 1.00. The largest absolute Gasteiger partial charge is 0.518 e. The Balaban J connectivity index is 0. The molecule has 2 atom stereocenters. The molecule has 0 radical (unpaired) electrons. The molecule has 0 aromatic carbocycles. The van der Waals surface area contributed by atoms with Gasteiger partial charge in [0.1, 0.15) is 0 Å². The van der Waals surface area contributed by atoms with Crippen molar-refractivity contribution in [2.75, 3.05) is 41.2 Å². The average Bonchev–Trinajstić information content (AvgIpc) is 2.64. The number of nitrogens with two attached hydrogens (primary N) is 2. The van der Waals surface area contributed by atoms with Crippen LogP contribution in [0.25, 0.3) is 0 Å². The van der Waals surface area contributed by atoms with Crippen LogP contribution in [0.15, 0.2) is 0 Å². The Morgan fingerprint density at radius 2 is 1.04 bits per heavy atom. The zero-order valence-electron chi connectivity index (χ0n) is 18.0. The summed E-state index contributed by atoms with van der Waals surface area (Å²) >= 11 is 0. The van der Waals surface area contributed by atoms with E-state index in [-0.39, 0.29) is 11.3 Å². The first-order chi connectivity index (χ1) is 12.3. The normalized spacial score (nSPS) is 14.5. The van der Waals surface area contributed by atoms with Crippen molar-refractivity contribution in [3.8, 4) is 0 Å². The summed E-state index contributed by atoms with van der Waals surface area (Å²) in [6.07, 6.45) is 2.68. The van der Waals surface area contributed by atoms with E-state index in [0.29, 0.717) is 19.8 Å². The van der Waals surface area contributed by atoms with E-state index in [2.05, 4.69) is 6.92 Å². The minimum atomic E-state index is -2.62. The third-order valence-corrected chi connectivity index (χ3v) is 10.1.